The van der Waals surface area contributed by atoms with E-state index in [0.29, 0.717) is 17.9 Å². The summed E-state index contributed by atoms with van der Waals surface area (Å²) in [6, 6.07) is 0. The van der Waals surface area contributed by atoms with Gasteiger partial charge in [0.1, 0.15) is 12.1 Å². The first kappa shape index (κ1) is 13.7. The Hall–Kier alpha value is -1.73. The predicted octanol–water partition coefficient (Wildman–Crippen LogP) is -0.920. The summed E-state index contributed by atoms with van der Waals surface area (Å²) in [7, 11) is 0. The van der Waals surface area contributed by atoms with Crippen molar-refractivity contribution in [2.75, 3.05) is 44.2 Å². The van der Waals surface area contributed by atoms with E-state index in [4.69, 9.17) is 10.8 Å². The molecule has 0 atom stereocenters. The highest BCUT2D eigenvalue weighted by Crippen LogP contribution is 2.17. The third-order valence-corrected chi connectivity index (χ3v) is 3.26. The number of nitrogens with two attached hydrogens (primary N) is 1. The van der Waals surface area contributed by atoms with Crippen LogP contribution in [0.4, 0.5) is 5.82 Å². The summed E-state index contributed by atoms with van der Waals surface area (Å²) in [4.78, 5) is 23.7. The molecule has 7 nitrogen and oxygen atoms in total. The van der Waals surface area contributed by atoms with Crippen LogP contribution < -0.4 is 10.6 Å². The van der Waals surface area contributed by atoms with Crippen molar-refractivity contribution in [1.29, 1.82) is 0 Å². The Morgan fingerprint density at radius 2 is 2.21 bits per heavy atom. The van der Waals surface area contributed by atoms with Crippen LogP contribution in [0.15, 0.2) is 12.5 Å². The van der Waals surface area contributed by atoms with E-state index in [0.717, 1.165) is 32.6 Å². The highest BCUT2D eigenvalue weighted by molar-refractivity contribution is 5.97. The Balaban J connectivity index is 2.12. The van der Waals surface area contributed by atoms with Gasteiger partial charge in [0, 0.05) is 32.4 Å². The third-order valence-electron chi connectivity index (χ3n) is 3.26. The van der Waals surface area contributed by atoms with Crippen molar-refractivity contribution in [3.63, 3.8) is 0 Å². The van der Waals surface area contributed by atoms with Gasteiger partial charge in [-0.15, -0.1) is 0 Å². The molecule has 7 heteroatoms. The number of rotatable bonds is 4. The van der Waals surface area contributed by atoms with E-state index >= 15 is 0 Å². The Bertz CT molecular complexity index is 440. The summed E-state index contributed by atoms with van der Waals surface area (Å²) in [5, 5.41) is 8.97. The summed E-state index contributed by atoms with van der Waals surface area (Å²) in [6.07, 6.45) is 3.85. The van der Waals surface area contributed by atoms with Gasteiger partial charge in [-0.25, -0.2) is 9.97 Å². The maximum Gasteiger partial charge on any atom is 0.254 e. The van der Waals surface area contributed by atoms with Gasteiger partial charge < -0.3 is 15.7 Å². The smallest absolute Gasteiger partial charge is 0.254 e. The largest absolute Gasteiger partial charge is 0.395 e. The summed E-state index contributed by atoms with van der Waals surface area (Å²) in [5.74, 6) is 0.0976. The fourth-order valence-electron chi connectivity index (χ4n) is 2.30. The molecule has 2 heterocycles. The molecule has 19 heavy (non-hydrogen) atoms. The molecular formula is C12H19N5O2. The normalized spacial score (nSPS) is 17.2. The van der Waals surface area contributed by atoms with Crippen LogP contribution in [0.2, 0.25) is 0 Å². The standard InChI is InChI=1S/C12H19N5O2/c13-11(19)10-8-14-9-15-12(10)17-3-1-2-16(4-5-17)6-7-18/h8-9,18H,1-7H2,(H2,13,19). The quantitative estimate of drug-likeness (QED) is 0.731. The molecule has 2 rings (SSSR count). The van der Waals surface area contributed by atoms with Gasteiger partial charge in [-0.1, -0.05) is 0 Å². The van der Waals surface area contributed by atoms with Crippen LogP contribution in [-0.4, -0.2) is 65.2 Å². The van der Waals surface area contributed by atoms with E-state index in [-0.39, 0.29) is 6.61 Å². The zero-order chi connectivity index (χ0) is 13.7. The number of amides is 1. The number of carbonyl (C=O) groups excluding carboxylic acids is 1. The molecule has 0 aromatic carbocycles. The molecule has 1 amide bonds. The fourth-order valence-corrected chi connectivity index (χ4v) is 2.30. The maximum atomic E-state index is 11.4. The molecule has 0 radical (unpaired) electrons. The second kappa shape index (κ2) is 6.44. The van der Waals surface area contributed by atoms with Crippen molar-refractivity contribution in [1.82, 2.24) is 14.9 Å². The molecule has 104 valence electrons. The molecule has 1 saturated heterocycles. The molecule has 0 spiro atoms. The number of hydrogen-bond donors (Lipinski definition) is 2. The number of nitrogens with zero attached hydrogens (tertiary/aromatic N) is 4. The van der Waals surface area contributed by atoms with Gasteiger partial charge in [-0.2, -0.15) is 0 Å². The molecule has 1 fully saturated rings. The van der Waals surface area contributed by atoms with Crippen molar-refractivity contribution < 1.29 is 9.90 Å². The Kier molecular flexibility index (Phi) is 4.64. The van der Waals surface area contributed by atoms with Crippen LogP contribution in [0.1, 0.15) is 16.8 Å². The van der Waals surface area contributed by atoms with E-state index in [1.807, 2.05) is 0 Å². The van der Waals surface area contributed by atoms with Crippen LogP contribution in [0.5, 0.6) is 0 Å². The zero-order valence-corrected chi connectivity index (χ0v) is 10.8. The highest BCUT2D eigenvalue weighted by atomic mass is 16.3. The second-order valence-electron chi connectivity index (χ2n) is 4.53. The molecular weight excluding hydrogens is 246 g/mol. The zero-order valence-electron chi connectivity index (χ0n) is 10.8. The highest BCUT2D eigenvalue weighted by Gasteiger charge is 2.20. The average Bonchev–Trinajstić information content (AvgIpc) is 2.65. The van der Waals surface area contributed by atoms with Crippen molar-refractivity contribution in [3.8, 4) is 0 Å². The number of aliphatic hydroxyl groups is 1. The Labute approximate surface area is 112 Å². The van der Waals surface area contributed by atoms with Crippen molar-refractivity contribution >= 4 is 11.7 Å². The lowest BCUT2D eigenvalue weighted by Gasteiger charge is -2.23. The molecule has 1 aromatic rings. The van der Waals surface area contributed by atoms with Crippen molar-refractivity contribution in [2.45, 2.75) is 6.42 Å². The Morgan fingerprint density at radius 3 is 2.95 bits per heavy atom. The molecule has 0 bridgehead atoms. The number of carbonyl (C=O) groups is 1. The van der Waals surface area contributed by atoms with E-state index < -0.39 is 5.91 Å². The minimum atomic E-state index is -0.507. The minimum Gasteiger partial charge on any atom is -0.395 e. The lowest BCUT2D eigenvalue weighted by Crippen LogP contribution is -2.33. The SMILES string of the molecule is NC(=O)c1cncnc1N1CCCN(CCO)CC1. The third kappa shape index (κ3) is 3.39. The van der Waals surface area contributed by atoms with Gasteiger partial charge in [0.2, 0.25) is 0 Å². The molecule has 1 aliphatic heterocycles. The lowest BCUT2D eigenvalue weighted by atomic mass is 10.2. The summed E-state index contributed by atoms with van der Waals surface area (Å²) in [6.45, 7) is 4.20. The first-order chi connectivity index (χ1) is 9.22. The van der Waals surface area contributed by atoms with E-state index in [9.17, 15) is 4.79 Å². The first-order valence-corrected chi connectivity index (χ1v) is 6.40. The predicted molar refractivity (Wildman–Crippen MR) is 70.9 cm³/mol. The molecule has 1 aliphatic rings. The minimum absolute atomic E-state index is 0.167. The average molecular weight is 265 g/mol. The lowest BCUT2D eigenvalue weighted by molar-refractivity contribution is 0.1000. The number of anilines is 1. The molecule has 0 saturated carbocycles. The van der Waals surface area contributed by atoms with Gasteiger partial charge >= 0.3 is 0 Å². The number of aliphatic hydroxyl groups excluding tert-OH is 1. The number of hydrogen-bond acceptors (Lipinski definition) is 6. The summed E-state index contributed by atoms with van der Waals surface area (Å²) >= 11 is 0. The Morgan fingerprint density at radius 1 is 1.37 bits per heavy atom. The number of primary amides is 1. The van der Waals surface area contributed by atoms with E-state index in [1.165, 1.54) is 12.5 Å². The summed E-state index contributed by atoms with van der Waals surface area (Å²) in [5.41, 5.74) is 5.71. The van der Waals surface area contributed by atoms with Crippen LogP contribution in [0.25, 0.3) is 0 Å². The number of aromatic nitrogens is 2. The summed E-state index contributed by atoms with van der Waals surface area (Å²) < 4.78 is 0. The molecule has 3 N–H and O–H groups in total. The van der Waals surface area contributed by atoms with E-state index in [1.54, 1.807) is 0 Å². The topological polar surface area (TPSA) is 95.6 Å². The van der Waals surface area contributed by atoms with Crippen LogP contribution >= 0.6 is 0 Å². The van der Waals surface area contributed by atoms with Crippen molar-refractivity contribution in [3.05, 3.63) is 18.1 Å². The van der Waals surface area contributed by atoms with Gasteiger partial charge in [-0.3, -0.25) is 9.69 Å². The van der Waals surface area contributed by atoms with Gasteiger partial charge in [0.15, 0.2) is 0 Å². The maximum absolute atomic E-state index is 11.4. The number of β-amino-alcohol motifs (C(OH)–C–C–N with tert-alkyl or cyclic N) is 1. The van der Waals surface area contributed by atoms with Crippen LogP contribution in [0, 0.1) is 0 Å². The fraction of sp³-hybridized carbons (Fsp3) is 0.583. The monoisotopic (exact) mass is 265 g/mol. The van der Waals surface area contributed by atoms with Crippen LogP contribution in [0.3, 0.4) is 0 Å². The molecule has 0 aliphatic carbocycles. The second-order valence-corrected chi connectivity index (χ2v) is 4.53. The molecule has 0 unspecified atom stereocenters. The molecule has 1 aromatic heterocycles. The van der Waals surface area contributed by atoms with Gasteiger partial charge in [0.05, 0.1) is 12.2 Å². The van der Waals surface area contributed by atoms with E-state index in [2.05, 4.69) is 19.8 Å². The van der Waals surface area contributed by atoms with Gasteiger partial charge in [0.25, 0.3) is 5.91 Å². The van der Waals surface area contributed by atoms with Crippen LogP contribution in [-0.2, 0) is 0 Å². The first-order valence-electron chi connectivity index (χ1n) is 6.40. The van der Waals surface area contributed by atoms with Crippen molar-refractivity contribution in [2.24, 2.45) is 5.73 Å². The van der Waals surface area contributed by atoms with Gasteiger partial charge in [-0.05, 0) is 13.0 Å².